The van der Waals surface area contributed by atoms with Gasteiger partial charge >= 0.3 is 0 Å². The Morgan fingerprint density at radius 2 is 2.14 bits per heavy atom. The molecule has 0 fully saturated rings. The summed E-state index contributed by atoms with van der Waals surface area (Å²) in [5.41, 5.74) is 0. The van der Waals surface area contributed by atoms with E-state index < -0.39 is 0 Å². The summed E-state index contributed by atoms with van der Waals surface area (Å²) in [5.74, 6) is 0.923. The summed E-state index contributed by atoms with van der Waals surface area (Å²) in [6.07, 6.45) is 4.14. The van der Waals surface area contributed by atoms with Gasteiger partial charge in [0.25, 0.3) is 0 Å². The molecule has 0 aromatic carbocycles. The van der Waals surface area contributed by atoms with Gasteiger partial charge in [-0.05, 0) is 57.5 Å². The van der Waals surface area contributed by atoms with E-state index in [1.165, 1.54) is 4.88 Å². The Morgan fingerprint density at radius 3 is 2.76 bits per heavy atom. The van der Waals surface area contributed by atoms with E-state index in [0.717, 1.165) is 36.1 Å². The highest BCUT2D eigenvalue weighted by molar-refractivity contribution is 7.16. The summed E-state index contributed by atoms with van der Waals surface area (Å²) in [7, 11) is 0. The maximum atomic E-state index is 6.04. The second-order valence-electron chi connectivity index (χ2n) is 5.17. The smallest absolute Gasteiger partial charge is 0.126 e. The van der Waals surface area contributed by atoms with Crippen LogP contribution in [0.3, 0.4) is 0 Å². The Morgan fingerprint density at radius 1 is 1.29 bits per heavy atom. The molecule has 0 bridgehead atoms. The first kappa shape index (κ1) is 16.6. The lowest BCUT2D eigenvalue weighted by atomic mass is 10.2. The molecule has 2 heterocycles. The van der Waals surface area contributed by atoms with Crippen LogP contribution in [0.1, 0.15) is 43.4 Å². The number of hydrogen-bond acceptors (Lipinski definition) is 4. The summed E-state index contributed by atoms with van der Waals surface area (Å²) >= 11 is 7.63. The molecular formula is C16H22ClNO2S. The van der Waals surface area contributed by atoms with E-state index in [9.17, 15) is 0 Å². The molecule has 0 aliphatic carbocycles. The Bertz CT molecular complexity index is 510. The van der Waals surface area contributed by atoms with Crippen molar-refractivity contribution in [1.29, 1.82) is 0 Å². The predicted molar refractivity (Wildman–Crippen MR) is 88.2 cm³/mol. The Balaban J connectivity index is 1.83. The van der Waals surface area contributed by atoms with Crippen molar-refractivity contribution in [1.82, 2.24) is 5.32 Å². The molecule has 3 nitrogen and oxygen atoms in total. The topological polar surface area (TPSA) is 34.4 Å². The molecule has 1 N–H and O–H groups in total. The van der Waals surface area contributed by atoms with Crippen LogP contribution in [0.4, 0.5) is 0 Å². The van der Waals surface area contributed by atoms with Gasteiger partial charge in [-0.2, -0.15) is 0 Å². The number of unbranched alkanes of at least 4 members (excludes halogenated alkanes) is 1. The Hall–Kier alpha value is -0.810. The third-order valence-electron chi connectivity index (χ3n) is 3.08. The fraction of sp³-hybridized carbons (Fsp3) is 0.500. The van der Waals surface area contributed by atoms with E-state index in [1.54, 1.807) is 17.6 Å². The van der Waals surface area contributed by atoms with Crippen molar-refractivity contribution in [3.63, 3.8) is 0 Å². The van der Waals surface area contributed by atoms with Crippen LogP contribution in [0.15, 0.2) is 34.9 Å². The average Bonchev–Trinajstić information content (AvgIpc) is 3.09. The minimum Gasteiger partial charge on any atom is -0.467 e. The second-order valence-corrected chi connectivity index (χ2v) is 6.92. The number of nitrogens with one attached hydrogen (secondary N) is 1. The molecule has 2 aromatic rings. The number of furan rings is 1. The predicted octanol–water partition coefficient (Wildman–Crippen LogP) is 4.88. The van der Waals surface area contributed by atoms with Crippen LogP contribution in [0.25, 0.3) is 0 Å². The van der Waals surface area contributed by atoms with Crippen LogP contribution in [-0.2, 0) is 4.74 Å². The second kappa shape index (κ2) is 8.59. The highest BCUT2D eigenvalue weighted by Crippen LogP contribution is 2.31. The lowest BCUT2D eigenvalue weighted by Crippen LogP contribution is -2.22. The molecule has 0 amide bonds. The average molecular weight is 328 g/mol. The van der Waals surface area contributed by atoms with Gasteiger partial charge in [0.15, 0.2) is 0 Å². The van der Waals surface area contributed by atoms with Crippen molar-refractivity contribution in [3.8, 4) is 0 Å². The van der Waals surface area contributed by atoms with Crippen molar-refractivity contribution >= 4 is 22.9 Å². The maximum Gasteiger partial charge on any atom is 0.126 e. The van der Waals surface area contributed by atoms with Crippen molar-refractivity contribution in [2.45, 2.75) is 38.8 Å². The van der Waals surface area contributed by atoms with Gasteiger partial charge in [-0.15, -0.1) is 11.3 Å². The number of ether oxygens (including phenoxy) is 1. The van der Waals surface area contributed by atoms with Crippen LogP contribution in [-0.4, -0.2) is 19.3 Å². The van der Waals surface area contributed by atoms with Crippen LogP contribution in [0, 0.1) is 0 Å². The van der Waals surface area contributed by atoms with Gasteiger partial charge in [0.1, 0.15) is 11.8 Å². The van der Waals surface area contributed by atoms with Gasteiger partial charge in [0, 0.05) is 11.5 Å². The minimum absolute atomic E-state index is 0.0727. The first-order valence-electron chi connectivity index (χ1n) is 7.30. The molecular weight excluding hydrogens is 306 g/mol. The lowest BCUT2D eigenvalue weighted by molar-refractivity contribution is 0.0760. The van der Waals surface area contributed by atoms with Crippen molar-refractivity contribution < 1.29 is 9.15 Å². The van der Waals surface area contributed by atoms with Crippen LogP contribution >= 0.6 is 22.9 Å². The monoisotopic (exact) mass is 327 g/mol. The molecule has 2 rings (SSSR count). The van der Waals surface area contributed by atoms with Crippen LogP contribution < -0.4 is 5.32 Å². The molecule has 0 aliphatic rings. The number of rotatable bonds is 9. The molecule has 0 saturated carbocycles. The summed E-state index contributed by atoms with van der Waals surface area (Å²) in [5, 5.41) is 3.54. The van der Waals surface area contributed by atoms with Crippen LogP contribution in [0.5, 0.6) is 0 Å². The molecule has 1 atom stereocenters. The summed E-state index contributed by atoms with van der Waals surface area (Å²) in [4.78, 5) is 1.17. The maximum absolute atomic E-state index is 6.04. The molecule has 5 heteroatoms. The standard InChI is InChI=1S/C16H22ClNO2S/c1-12(2)19-10-4-3-9-18-16(13-6-5-11-20-13)14-7-8-15(17)21-14/h5-8,11-12,16,18H,3-4,9-10H2,1-2H3. The summed E-state index contributed by atoms with van der Waals surface area (Å²) in [6, 6.07) is 7.96. The van der Waals surface area contributed by atoms with Gasteiger partial charge in [-0.3, -0.25) is 0 Å². The van der Waals surface area contributed by atoms with Gasteiger partial charge < -0.3 is 14.5 Å². The highest BCUT2D eigenvalue weighted by Gasteiger charge is 2.17. The van der Waals surface area contributed by atoms with Crippen molar-refractivity contribution in [2.75, 3.05) is 13.2 Å². The molecule has 1 unspecified atom stereocenters. The van der Waals surface area contributed by atoms with Gasteiger partial charge in [0.2, 0.25) is 0 Å². The largest absolute Gasteiger partial charge is 0.467 e. The normalized spacial score (nSPS) is 13.0. The van der Waals surface area contributed by atoms with Gasteiger partial charge in [-0.1, -0.05) is 11.6 Å². The first-order chi connectivity index (χ1) is 10.2. The zero-order valence-electron chi connectivity index (χ0n) is 12.5. The quantitative estimate of drug-likeness (QED) is 0.667. The van der Waals surface area contributed by atoms with E-state index in [0.29, 0.717) is 6.10 Å². The van der Waals surface area contributed by atoms with Gasteiger partial charge in [-0.25, -0.2) is 0 Å². The Labute approximate surface area is 135 Å². The van der Waals surface area contributed by atoms with Crippen LogP contribution in [0.2, 0.25) is 4.34 Å². The van der Waals surface area contributed by atoms with E-state index in [1.807, 2.05) is 18.2 Å². The third-order valence-corrected chi connectivity index (χ3v) is 4.37. The summed E-state index contributed by atoms with van der Waals surface area (Å²) < 4.78 is 11.9. The van der Waals surface area contributed by atoms with E-state index >= 15 is 0 Å². The molecule has 2 aromatic heterocycles. The molecule has 0 radical (unpaired) electrons. The number of halogens is 1. The molecule has 0 spiro atoms. The first-order valence-corrected chi connectivity index (χ1v) is 8.50. The third kappa shape index (κ3) is 5.47. The van der Waals surface area contributed by atoms with E-state index in [4.69, 9.17) is 20.8 Å². The summed E-state index contributed by atoms with van der Waals surface area (Å²) in [6.45, 7) is 5.86. The fourth-order valence-electron chi connectivity index (χ4n) is 2.07. The SMILES string of the molecule is CC(C)OCCCCNC(c1ccco1)c1ccc(Cl)s1. The minimum atomic E-state index is 0.0727. The lowest BCUT2D eigenvalue weighted by Gasteiger charge is -2.15. The molecule has 0 aliphatic heterocycles. The number of thiophene rings is 1. The highest BCUT2D eigenvalue weighted by atomic mass is 35.5. The fourth-order valence-corrected chi connectivity index (χ4v) is 3.22. The zero-order valence-corrected chi connectivity index (χ0v) is 14.0. The van der Waals surface area contributed by atoms with Crippen molar-refractivity contribution in [2.24, 2.45) is 0 Å². The molecule has 116 valence electrons. The van der Waals surface area contributed by atoms with E-state index in [2.05, 4.69) is 25.2 Å². The number of hydrogen-bond donors (Lipinski definition) is 1. The molecule has 0 saturated heterocycles. The van der Waals surface area contributed by atoms with E-state index in [-0.39, 0.29) is 6.04 Å². The van der Waals surface area contributed by atoms with Gasteiger partial charge in [0.05, 0.1) is 16.7 Å². The van der Waals surface area contributed by atoms with Crippen molar-refractivity contribution in [3.05, 3.63) is 45.5 Å². The molecule has 21 heavy (non-hydrogen) atoms. The Kier molecular flexibility index (Phi) is 6.77. The zero-order chi connectivity index (χ0) is 15.1.